The minimum atomic E-state index is -0.239. The second-order valence-corrected chi connectivity index (χ2v) is 2.86. The maximum Gasteiger partial charge on any atom is 0.236 e. The standard InChI is InChI=1S/C10H12N2O3/c1-7(13)12-11-6-8-3-4-9(14)10(5-8)15-2/h3-6,14H,1-2H3,(H,12,13)/b11-6-. The summed E-state index contributed by atoms with van der Waals surface area (Å²) in [5, 5.41) is 13.0. The van der Waals surface area contributed by atoms with Gasteiger partial charge in [0.1, 0.15) is 0 Å². The number of amides is 1. The van der Waals surface area contributed by atoms with Crippen LogP contribution in [0, 0.1) is 0 Å². The van der Waals surface area contributed by atoms with E-state index in [2.05, 4.69) is 10.5 Å². The molecule has 0 spiro atoms. The highest BCUT2D eigenvalue weighted by molar-refractivity contribution is 5.82. The monoisotopic (exact) mass is 208 g/mol. The van der Waals surface area contributed by atoms with Crippen molar-refractivity contribution in [3.63, 3.8) is 0 Å². The fourth-order valence-corrected chi connectivity index (χ4v) is 0.972. The first kappa shape index (κ1) is 11.0. The Hall–Kier alpha value is -2.04. The van der Waals surface area contributed by atoms with Crippen LogP contribution >= 0.6 is 0 Å². The molecule has 0 aliphatic rings. The van der Waals surface area contributed by atoms with Gasteiger partial charge in [0.2, 0.25) is 5.91 Å². The van der Waals surface area contributed by atoms with Crippen LogP contribution in [0.25, 0.3) is 0 Å². The van der Waals surface area contributed by atoms with Crippen LogP contribution in [-0.2, 0) is 4.79 Å². The Morgan fingerprint density at radius 1 is 1.60 bits per heavy atom. The van der Waals surface area contributed by atoms with Gasteiger partial charge in [-0.05, 0) is 23.8 Å². The van der Waals surface area contributed by atoms with Crippen LogP contribution in [0.5, 0.6) is 11.5 Å². The number of phenols is 1. The number of rotatable bonds is 3. The Balaban J connectivity index is 2.78. The lowest BCUT2D eigenvalue weighted by molar-refractivity contribution is -0.118. The smallest absolute Gasteiger partial charge is 0.236 e. The number of aromatic hydroxyl groups is 1. The van der Waals surface area contributed by atoms with E-state index < -0.39 is 0 Å². The summed E-state index contributed by atoms with van der Waals surface area (Å²) in [6.07, 6.45) is 1.46. The molecule has 0 fully saturated rings. The van der Waals surface area contributed by atoms with Gasteiger partial charge < -0.3 is 9.84 Å². The SMILES string of the molecule is COc1cc(/C=N\NC(C)=O)ccc1O. The molecule has 0 heterocycles. The molecule has 0 aromatic heterocycles. The van der Waals surface area contributed by atoms with Crippen LogP contribution in [-0.4, -0.2) is 24.3 Å². The number of nitrogens with zero attached hydrogens (tertiary/aromatic N) is 1. The highest BCUT2D eigenvalue weighted by atomic mass is 16.5. The van der Waals surface area contributed by atoms with E-state index in [1.165, 1.54) is 26.3 Å². The Morgan fingerprint density at radius 2 is 2.33 bits per heavy atom. The molecule has 80 valence electrons. The molecule has 1 aromatic rings. The molecular formula is C10H12N2O3. The number of carbonyl (C=O) groups is 1. The predicted octanol–water partition coefficient (Wildman–Crippen LogP) is 0.871. The van der Waals surface area contributed by atoms with E-state index in [0.717, 1.165) is 5.56 Å². The van der Waals surface area contributed by atoms with Gasteiger partial charge in [-0.2, -0.15) is 5.10 Å². The molecule has 0 bridgehead atoms. The van der Waals surface area contributed by atoms with Crippen LogP contribution in [0.15, 0.2) is 23.3 Å². The normalized spacial score (nSPS) is 10.3. The average molecular weight is 208 g/mol. The minimum absolute atomic E-state index is 0.0641. The first-order valence-corrected chi connectivity index (χ1v) is 4.30. The fourth-order valence-electron chi connectivity index (χ4n) is 0.972. The molecule has 0 unspecified atom stereocenters. The van der Waals surface area contributed by atoms with Gasteiger partial charge in [-0.25, -0.2) is 5.43 Å². The van der Waals surface area contributed by atoms with E-state index in [-0.39, 0.29) is 11.7 Å². The minimum Gasteiger partial charge on any atom is -0.504 e. The van der Waals surface area contributed by atoms with Gasteiger partial charge in [-0.1, -0.05) is 0 Å². The van der Waals surface area contributed by atoms with E-state index in [1.807, 2.05) is 0 Å². The molecule has 0 atom stereocenters. The van der Waals surface area contributed by atoms with Crippen LogP contribution in [0.4, 0.5) is 0 Å². The summed E-state index contributed by atoms with van der Waals surface area (Å²) in [4.78, 5) is 10.5. The molecule has 5 nitrogen and oxygen atoms in total. The molecule has 1 amide bonds. The number of methoxy groups -OCH3 is 1. The lowest BCUT2D eigenvalue weighted by Gasteiger charge is -2.03. The quantitative estimate of drug-likeness (QED) is 0.572. The van der Waals surface area contributed by atoms with E-state index in [1.54, 1.807) is 12.1 Å². The van der Waals surface area contributed by atoms with Gasteiger partial charge in [0, 0.05) is 6.92 Å². The summed E-state index contributed by atoms with van der Waals surface area (Å²) >= 11 is 0. The number of hydrazone groups is 1. The van der Waals surface area contributed by atoms with Crippen molar-refractivity contribution in [3.8, 4) is 11.5 Å². The van der Waals surface area contributed by atoms with Crippen LogP contribution in [0.1, 0.15) is 12.5 Å². The number of nitrogens with one attached hydrogen (secondary N) is 1. The maximum absolute atomic E-state index is 10.5. The molecule has 0 saturated carbocycles. The van der Waals surface area contributed by atoms with Crippen LogP contribution in [0.2, 0.25) is 0 Å². The zero-order valence-corrected chi connectivity index (χ0v) is 8.52. The van der Waals surface area contributed by atoms with Crippen molar-refractivity contribution in [2.45, 2.75) is 6.92 Å². The largest absolute Gasteiger partial charge is 0.504 e. The summed E-state index contributed by atoms with van der Waals surface area (Å²) in [7, 11) is 1.46. The first-order chi connectivity index (χ1) is 7.13. The molecule has 0 aliphatic heterocycles. The molecule has 2 N–H and O–H groups in total. The predicted molar refractivity (Wildman–Crippen MR) is 56.1 cm³/mol. The second kappa shape index (κ2) is 4.99. The van der Waals surface area contributed by atoms with E-state index >= 15 is 0 Å². The molecule has 1 aromatic carbocycles. The Kier molecular flexibility index (Phi) is 3.68. The van der Waals surface area contributed by atoms with E-state index in [0.29, 0.717) is 5.75 Å². The number of benzene rings is 1. The zero-order valence-electron chi connectivity index (χ0n) is 8.52. The molecule has 0 aliphatic carbocycles. The summed E-state index contributed by atoms with van der Waals surface area (Å²) in [5.74, 6) is 0.188. The van der Waals surface area contributed by atoms with E-state index in [4.69, 9.17) is 4.74 Å². The number of carbonyl (C=O) groups excluding carboxylic acids is 1. The van der Waals surface area contributed by atoms with Crippen molar-refractivity contribution >= 4 is 12.1 Å². The Bertz CT molecular complexity index is 388. The molecule has 1 rings (SSSR count). The highest BCUT2D eigenvalue weighted by Crippen LogP contribution is 2.25. The van der Waals surface area contributed by atoms with Gasteiger partial charge in [0.15, 0.2) is 11.5 Å². The Labute approximate surface area is 87.4 Å². The molecule has 5 heteroatoms. The summed E-state index contributed by atoms with van der Waals surface area (Å²) in [6.45, 7) is 1.37. The number of hydrogen-bond donors (Lipinski definition) is 2. The van der Waals surface area contributed by atoms with Crippen LogP contribution in [0.3, 0.4) is 0 Å². The van der Waals surface area contributed by atoms with E-state index in [9.17, 15) is 9.90 Å². The fraction of sp³-hybridized carbons (Fsp3) is 0.200. The Morgan fingerprint density at radius 3 is 2.93 bits per heavy atom. The first-order valence-electron chi connectivity index (χ1n) is 4.30. The summed E-state index contributed by atoms with van der Waals surface area (Å²) in [6, 6.07) is 4.76. The molecule has 15 heavy (non-hydrogen) atoms. The maximum atomic E-state index is 10.5. The third-order valence-electron chi connectivity index (χ3n) is 1.64. The third kappa shape index (κ3) is 3.30. The third-order valence-corrected chi connectivity index (χ3v) is 1.64. The number of phenolic OH excluding ortho intramolecular Hbond substituents is 1. The zero-order chi connectivity index (χ0) is 11.3. The lowest BCUT2D eigenvalue weighted by atomic mass is 10.2. The van der Waals surface area contributed by atoms with Gasteiger partial charge in [0.05, 0.1) is 13.3 Å². The molecular weight excluding hydrogens is 196 g/mol. The number of hydrogen-bond acceptors (Lipinski definition) is 4. The van der Waals surface area contributed by atoms with Gasteiger partial charge >= 0.3 is 0 Å². The van der Waals surface area contributed by atoms with Crippen molar-refractivity contribution in [1.82, 2.24) is 5.43 Å². The van der Waals surface area contributed by atoms with Crippen molar-refractivity contribution in [2.24, 2.45) is 5.10 Å². The lowest BCUT2D eigenvalue weighted by Crippen LogP contribution is -2.12. The second-order valence-electron chi connectivity index (χ2n) is 2.86. The van der Waals surface area contributed by atoms with Crippen molar-refractivity contribution in [3.05, 3.63) is 23.8 Å². The van der Waals surface area contributed by atoms with Gasteiger partial charge in [-0.3, -0.25) is 4.79 Å². The average Bonchev–Trinajstić information content (AvgIpc) is 2.20. The van der Waals surface area contributed by atoms with Crippen molar-refractivity contribution in [1.29, 1.82) is 0 Å². The highest BCUT2D eigenvalue weighted by Gasteiger charge is 2.00. The summed E-state index contributed by atoms with van der Waals surface area (Å²) < 4.78 is 4.91. The topological polar surface area (TPSA) is 70.9 Å². The van der Waals surface area contributed by atoms with Gasteiger partial charge in [-0.15, -0.1) is 0 Å². The van der Waals surface area contributed by atoms with Gasteiger partial charge in [0.25, 0.3) is 0 Å². The molecule has 0 radical (unpaired) electrons. The van der Waals surface area contributed by atoms with Crippen LogP contribution < -0.4 is 10.2 Å². The van der Waals surface area contributed by atoms with Crippen molar-refractivity contribution < 1.29 is 14.6 Å². The number of ether oxygens (including phenoxy) is 1. The molecule has 0 saturated heterocycles. The van der Waals surface area contributed by atoms with Crippen molar-refractivity contribution in [2.75, 3.05) is 7.11 Å². The summed E-state index contributed by atoms with van der Waals surface area (Å²) in [5.41, 5.74) is 2.99.